The maximum absolute atomic E-state index is 12.6. The molecule has 1 aliphatic heterocycles. The molecule has 0 aliphatic carbocycles. The van der Waals surface area contributed by atoms with E-state index in [9.17, 15) is 9.59 Å². The highest BCUT2D eigenvalue weighted by Crippen LogP contribution is 2.30. The zero-order valence-corrected chi connectivity index (χ0v) is 22.0. The molecule has 1 fully saturated rings. The standard InChI is InChI=1S/C26H35N5O5/c1-16(2)28-24-22(23(27)32)21(9-8-17-12-19(34-6)14-20(13-17)35-7)29-31(24)18-10-11-30(15-18)25(33)36-26(3,4)5/h12-14,16,18,28H,10-11,15H2,1-7H3,(H2,27,32)/t18-/m0/s1. The number of primary amides is 1. The molecule has 10 heteroatoms. The average molecular weight is 498 g/mol. The molecule has 2 aromatic rings. The SMILES string of the molecule is COc1cc(C#Cc2nn([C@H]3CCN(C(=O)OC(C)(C)C)C3)c(NC(C)C)c2C(N)=O)cc(OC)c1. The van der Waals surface area contributed by atoms with Gasteiger partial charge in [0.05, 0.1) is 20.3 Å². The minimum absolute atomic E-state index is 0.00497. The van der Waals surface area contributed by atoms with Gasteiger partial charge in [-0.1, -0.05) is 5.92 Å². The number of ether oxygens (including phenoxy) is 3. The molecule has 3 N–H and O–H groups in total. The van der Waals surface area contributed by atoms with E-state index in [0.717, 1.165) is 0 Å². The predicted molar refractivity (Wildman–Crippen MR) is 136 cm³/mol. The molecule has 0 radical (unpaired) electrons. The topological polar surface area (TPSA) is 121 Å². The normalized spacial score (nSPS) is 15.3. The summed E-state index contributed by atoms with van der Waals surface area (Å²) in [5, 5.41) is 7.97. The van der Waals surface area contributed by atoms with Gasteiger partial charge in [-0.15, -0.1) is 0 Å². The Morgan fingerprint density at radius 3 is 2.31 bits per heavy atom. The Bertz CT molecular complexity index is 1160. The molecule has 0 spiro atoms. The summed E-state index contributed by atoms with van der Waals surface area (Å²) in [5.41, 5.74) is 6.29. The van der Waals surface area contributed by atoms with Gasteiger partial charge in [0.25, 0.3) is 5.91 Å². The van der Waals surface area contributed by atoms with Crippen molar-refractivity contribution in [1.82, 2.24) is 14.7 Å². The average Bonchev–Trinajstić information content (AvgIpc) is 3.41. The van der Waals surface area contributed by atoms with Crippen molar-refractivity contribution in [3.63, 3.8) is 0 Å². The summed E-state index contributed by atoms with van der Waals surface area (Å²) >= 11 is 0. The number of hydrogen-bond donors (Lipinski definition) is 2. The quantitative estimate of drug-likeness (QED) is 0.587. The van der Waals surface area contributed by atoms with Crippen molar-refractivity contribution in [2.24, 2.45) is 5.73 Å². The second-order valence-electron chi connectivity index (χ2n) is 9.90. The third-order valence-electron chi connectivity index (χ3n) is 5.42. The first kappa shape index (κ1) is 26.7. The maximum Gasteiger partial charge on any atom is 0.410 e. The number of carbonyl (C=O) groups is 2. The Morgan fingerprint density at radius 1 is 1.14 bits per heavy atom. The number of rotatable bonds is 6. The van der Waals surface area contributed by atoms with Gasteiger partial charge in [-0.3, -0.25) is 4.79 Å². The molecule has 1 saturated heterocycles. The summed E-state index contributed by atoms with van der Waals surface area (Å²) in [5.74, 6) is 7.07. The summed E-state index contributed by atoms with van der Waals surface area (Å²) in [6.07, 6.45) is 0.268. The number of likely N-dealkylation sites (tertiary alicyclic amines) is 1. The van der Waals surface area contributed by atoms with Crippen LogP contribution in [0.25, 0.3) is 0 Å². The van der Waals surface area contributed by atoms with Crippen LogP contribution in [0.2, 0.25) is 0 Å². The molecule has 2 amide bonds. The van der Waals surface area contributed by atoms with Gasteiger partial charge < -0.3 is 30.2 Å². The van der Waals surface area contributed by atoms with E-state index in [1.807, 2.05) is 34.6 Å². The van der Waals surface area contributed by atoms with Crippen LogP contribution in [0.3, 0.4) is 0 Å². The predicted octanol–water partition coefficient (Wildman–Crippen LogP) is 3.40. The first-order chi connectivity index (χ1) is 16.9. The molecule has 194 valence electrons. The fourth-order valence-electron chi connectivity index (χ4n) is 3.88. The summed E-state index contributed by atoms with van der Waals surface area (Å²) in [6.45, 7) is 10.3. The lowest BCUT2D eigenvalue weighted by Gasteiger charge is -2.24. The number of nitrogens with one attached hydrogen (secondary N) is 1. The van der Waals surface area contributed by atoms with Gasteiger partial charge in [-0.25, -0.2) is 9.48 Å². The van der Waals surface area contributed by atoms with Crippen molar-refractivity contribution in [1.29, 1.82) is 0 Å². The number of anilines is 1. The van der Waals surface area contributed by atoms with Gasteiger partial charge in [0.1, 0.15) is 28.5 Å². The summed E-state index contributed by atoms with van der Waals surface area (Å²) in [4.78, 5) is 26.8. The van der Waals surface area contributed by atoms with E-state index in [2.05, 4.69) is 22.3 Å². The molecule has 1 aliphatic rings. The molecule has 36 heavy (non-hydrogen) atoms. The Balaban J connectivity index is 2.00. The highest BCUT2D eigenvalue weighted by atomic mass is 16.6. The van der Waals surface area contributed by atoms with E-state index in [0.29, 0.717) is 42.4 Å². The molecule has 1 atom stereocenters. The molecule has 1 aromatic carbocycles. The summed E-state index contributed by atoms with van der Waals surface area (Å²) < 4.78 is 17.9. The minimum atomic E-state index is -0.640. The zero-order valence-electron chi connectivity index (χ0n) is 22.0. The van der Waals surface area contributed by atoms with Crippen LogP contribution < -0.4 is 20.5 Å². The van der Waals surface area contributed by atoms with Crippen LogP contribution in [0.5, 0.6) is 11.5 Å². The Kier molecular flexibility index (Phi) is 8.03. The molecule has 0 unspecified atom stereocenters. The molecular weight excluding hydrogens is 462 g/mol. The van der Waals surface area contributed by atoms with Crippen LogP contribution in [0.15, 0.2) is 18.2 Å². The first-order valence-electron chi connectivity index (χ1n) is 11.8. The fraction of sp³-hybridized carbons (Fsp3) is 0.500. The number of nitrogens with zero attached hydrogens (tertiary/aromatic N) is 3. The number of amides is 2. The number of carbonyl (C=O) groups excluding carboxylic acids is 2. The van der Waals surface area contributed by atoms with E-state index in [-0.39, 0.29) is 29.4 Å². The van der Waals surface area contributed by atoms with E-state index in [1.165, 1.54) is 0 Å². The number of aromatic nitrogens is 2. The van der Waals surface area contributed by atoms with Crippen molar-refractivity contribution in [3.05, 3.63) is 35.0 Å². The lowest BCUT2D eigenvalue weighted by Crippen LogP contribution is -2.35. The number of hydrogen-bond acceptors (Lipinski definition) is 7. The highest BCUT2D eigenvalue weighted by molar-refractivity contribution is 6.00. The zero-order chi connectivity index (χ0) is 26.6. The van der Waals surface area contributed by atoms with Crippen LogP contribution in [0, 0.1) is 11.8 Å². The van der Waals surface area contributed by atoms with Crippen molar-refractivity contribution in [3.8, 4) is 23.3 Å². The minimum Gasteiger partial charge on any atom is -0.497 e. The molecule has 10 nitrogen and oxygen atoms in total. The van der Waals surface area contributed by atoms with E-state index >= 15 is 0 Å². The fourth-order valence-corrected chi connectivity index (χ4v) is 3.88. The van der Waals surface area contributed by atoms with E-state index in [4.69, 9.17) is 19.9 Å². The lowest BCUT2D eigenvalue weighted by molar-refractivity contribution is 0.0288. The van der Waals surface area contributed by atoms with Crippen molar-refractivity contribution in [2.75, 3.05) is 32.6 Å². The largest absolute Gasteiger partial charge is 0.497 e. The maximum atomic E-state index is 12.6. The molecular formula is C26H35N5O5. The van der Waals surface area contributed by atoms with E-state index < -0.39 is 11.5 Å². The summed E-state index contributed by atoms with van der Waals surface area (Å²) in [7, 11) is 3.12. The Morgan fingerprint density at radius 2 is 1.78 bits per heavy atom. The van der Waals surface area contributed by atoms with Gasteiger partial charge in [0.2, 0.25) is 0 Å². The van der Waals surface area contributed by atoms with Gasteiger partial charge in [0, 0.05) is 30.8 Å². The molecule has 0 saturated carbocycles. The second kappa shape index (κ2) is 10.8. The smallest absolute Gasteiger partial charge is 0.410 e. The van der Waals surface area contributed by atoms with Gasteiger partial charge in [-0.05, 0) is 59.1 Å². The van der Waals surface area contributed by atoms with Crippen LogP contribution in [-0.2, 0) is 4.74 Å². The monoisotopic (exact) mass is 497 g/mol. The number of methoxy groups -OCH3 is 2. The number of nitrogens with two attached hydrogens (primary N) is 1. The van der Waals surface area contributed by atoms with Crippen LogP contribution in [0.1, 0.15) is 68.7 Å². The third-order valence-corrected chi connectivity index (χ3v) is 5.42. The van der Waals surface area contributed by atoms with Crippen molar-refractivity contribution in [2.45, 2.75) is 58.7 Å². The molecule has 2 heterocycles. The van der Waals surface area contributed by atoms with Crippen LogP contribution in [-0.4, -0.2) is 65.6 Å². The van der Waals surface area contributed by atoms with Gasteiger partial charge in [-0.2, -0.15) is 5.10 Å². The Hall–Kier alpha value is -3.87. The van der Waals surface area contributed by atoms with Gasteiger partial charge in [0.15, 0.2) is 5.69 Å². The van der Waals surface area contributed by atoms with Crippen LogP contribution >= 0.6 is 0 Å². The van der Waals surface area contributed by atoms with E-state index in [1.54, 1.807) is 42.0 Å². The molecule has 0 bridgehead atoms. The number of benzene rings is 1. The third kappa shape index (κ3) is 6.42. The lowest BCUT2D eigenvalue weighted by atomic mass is 10.1. The molecule has 1 aromatic heterocycles. The highest BCUT2D eigenvalue weighted by Gasteiger charge is 2.34. The van der Waals surface area contributed by atoms with Crippen molar-refractivity contribution >= 4 is 17.8 Å². The second-order valence-corrected chi connectivity index (χ2v) is 9.90. The van der Waals surface area contributed by atoms with Crippen molar-refractivity contribution < 1.29 is 23.8 Å². The van der Waals surface area contributed by atoms with Gasteiger partial charge >= 0.3 is 6.09 Å². The summed E-state index contributed by atoms with van der Waals surface area (Å²) in [6, 6.07) is 5.10. The molecule has 3 rings (SSSR count). The Labute approximate surface area is 212 Å². The first-order valence-corrected chi connectivity index (χ1v) is 11.8. The van der Waals surface area contributed by atoms with Crippen LogP contribution in [0.4, 0.5) is 10.6 Å².